The SMILES string of the molecule is CC(CC(=O)Nc1ccn[nH]1)c1ccc(N)cc1. The molecule has 1 atom stereocenters. The van der Waals surface area contributed by atoms with Crippen LogP contribution in [0.2, 0.25) is 0 Å². The molecule has 4 N–H and O–H groups in total. The minimum atomic E-state index is -0.0384. The number of rotatable bonds is 4. The molecule has 0 fully saturated rings. The number of H-pyrrole nitrogens is 1. The molecule has 94 valence electrons. The van der Waals surface area contributed by atoms with Gasteiger partial charge in [0.2, 0.25) is 5.91 Å². The Balaban J connectivity index is 1.92. The fraction of sp³-hybridized carbons (Fsp3) is 0.231. The Morgan fingerprint density at radius 3 is 2.72 bits per heavy atom. The molecule has 1 aromatic carbocycles. The van der Waals surface area contributed by atoms with E-state index in [1.54, 1.807) is 12.3 Å². The maximum absolute atomic E-state index is 11.8. The molecule has 0 radical (unpaired) electrons. The average molecular weight is 244 g/mol. The van der Waals surface area contributed by atoms with E-state index in [2.05, 4.69) is 15.5 Å². The van der Waals surface area contributed by atoms with Gasteiger partial charge in [-0.1, -0.05) is 19.1 Å². The topological polar surface area (TPSA) is 83.8 Å². The highest BCUT2D eigenvalue weighted by molar-refractivity contribution is 5.90. The largest absolute Gasteiger partial charge is 0.399 e. The fourth-order valence-electron chi connectivity index (χ4n) is 1.75. The molecule has 18 heavy (non-hydrogen) atoms. The molecule has 0 aliphatic rings. The van der Waals surface area contributed by atoms with Gasteiger partial charge in [-0.25, -0.2) is 0 Å². The standard InChI is InChI=1S/C13H16N4O/c1-9(10-2-4-11(14)5-3-10)8-13(18)16-12-6-7-15-17-12/h2-7,9H,8,14H2,1H3,(H2,15,16,17,18). The Labute approximate surface area is 105 Å². The molecular formula is C13H16N4O. The summed E-state index contributed by atoms with van der Waals surface area (Å²) in [6.45, 7) is 2.01. The van der Waals surface area contributed by atoms with Gasteiger partial charge in [-0.3, -0.25) is 9.89 Å². The molecule has 1 heterocycles. The lowest BCUT2D eigenvalue weighted by atomic mass is 9.97. The molecule has 0 bridgehead atoms. The van der Waals surface area contributed by atoms with Crippen LogP contribution in [0.25, 0.3) is 0 Å². The molecule has 1 aromatic heterocycles. The lowest BCUT2D eigenvalue weighted by molar-refractivity contribution is -0.116. The zero-order chi connectivity index (χ0) is 13.0. The number of nitrogen functional groups attached to an aromatic ring is 1. The van der Waals surface area contributed by atoms with Crippen molar-refractivity contribution >= 4 is 17.4 Å². The molecule has 0 saturated heterocycles. The van der Waals surface area contributed by atoms with Crippen LogP contribution in [0.4, 0.5) is 11.5 Å². The number of nitrogens with one attached hydrogen (secondary N) is 2. The van der Waals surface area contributed by atoms with E-state index < -0.39 is 0 Å². The summed E-state index contributed by atoms with van der Waals surface area (Å²) in [5, 5.41) is 9.21. The van der Waals surface area contributed by atoms with E-state index in [9.17, 15) is 4.79 Å². The van der Waals surface area contributed by atoms with Gasteiger partial charge in [0.1, 0.15) is 5.82 Å². The highest BCUT2D eigenvalue weighted by atomic mass is 16.1. The summed E-state index contributed by atoms with van der Waals surface area (Å²) in [5.41, 5.74) is 7.46. The molecule has 1 amide bonds. The van der Waals surface area contributed by atoms with Crippen molar-refractivity contribution in [3.05, 3.63) is 42.1 Å². The molecule has 5 nitrogen and oxygen atoms in total. The molecule has 0 saturated carbocycles. The monoisotopic (exact) mass is 244 g/mol. The number of carbonyl (C=O) groups is 1. The van der Waals surface area contributed by atoms with Crippen LogP contribution in [0.3, 0.4) is 0 Å². The van der Waals surface area contributed by atoms with E-state index >= 15 is 0 Å². The van der Waals surface area contributed by atoms with E-state index in [0.29, 0.717) is 12.2 Å². The number of benzene rings is 1. The van der Waals surface area contributed by atoms with Crippen LogP contribution in [0.1, 0.15) is 24.8 Å². The van der Waals surface area contributed by atoms with Crippen molar-refractivity contribution in [3.8, 4) is 0 Å². The van der Waals surface area contributed by atoms with Gasteiger partial charge in [0.15, 0.2) is 0 Å². The Kier molecular flexibility index (Phi) is 3.62. The summed E-state index contributed by atoms with van der Waals surface area (Å²) in [6.07, 6.45) is 2.02. The first-order valence-corrected chi connectivity index (χ1v) is 5.80. The van der Waals surface area contributed by atoms with E-state index in [-0.39, 0.29) is 11.8 Å². The van der Waals surface area contributed by atoms with Gasteiger partial charge < -0.3 is 11.1 Å². The molecule has 0 aliphatic carbocycles. The molecule has 5 heteroatoms. The smallest absolute Gasteiger partial charge is 0.226 e. The lowest BCUT2D eigenvalue weighted by Crippen LogP contribution is -2.14. The zero-order valence-corrected chi connectivity index (χ0v) is 10.2. The average Bonchev–Trinajstić information content (AvgIpc) is 2.82. The van der Waals surface area contributed by atoms with Gasteiger partial charge in [0.25, 0.3) is 0 Å². The molecule has 1 unspecified atom stereocenters. The Bertz CT molecular complexity index is 504. The second-order valence-electron chi connectivity index (χ2n) is 4.29. The Morgan fingerprint density at radius 1 is 1.39 bits per heavy atom. The van der Waals surface area contributed by atoms with Crippen molar-refractivity contribution in [2.75, 3.05) is 11.1 Å². The van der Waals surface area contributed by atoms with Crippen LogP contribution in [0, 0.1) is 0 Å². The van der Waals surface area contributed by atoms with Crippen molar-refractivity contribution in [2.45, 2.75) is 19.3 Å². The molecule has 2 rings (SSSR count). The fourth-order valence-corrected chi connectivity index (χ4v) is 1.75. The number of amides is 1. The first-order valence-electron chi connectivity index (χ1n) is 5.80. The van der Waals surface area contributed by atoms with Crippen LogP contribution >= 0.6 is 0 Å². The number of carbonyl (C=O) groups excluding carboxylic acids is 1. The van der Waals surface area contributed by atoms with Crippen molar-refractivity contribution in [1.82, 2.24) is 10.2 Å². The molecule has 0 spiro atoms. The van der Waals surface area contributed by atoms with Crippen molar-refractivity contribution < 1.29 is 4.79 Å². The van der Waals surface area contributed by atoms with Crippen molar-refractivity contribution in [3.63, 3.8) is 0 Å². The predicted octanol–water partition coefficient (Wildman–Crippen LogP) is 2.12. The highest BCUT2D eigenvalue weighted by Crippen LogP contribution is 2.20. The van der Waals surface area contributed by atoms with E-state index in [4.69, 9.17) is 5.73 Å². The maximum atomic E-state index is 11.8. The maximum Gasteiger partial charge on any atom is 0.226 e. The zero-order valence-electron chi connectivity index (χ0n) is 10.2. The molecule has 2 aromatic rings. The summed E-state index contributed by atoms with van der Waals surface area (Å²) < 4.78 is 0. The first-order chi connectivity index (χ1) is 8.65. The number of nitrogens with zero attached hydrogens (tertiary/aromatic N) is 1. The second kappa shape index (κ2) is 5.35. The van der Waals surface area contributed by atoms with E-state index in [0.717, 1.165) is 11.3 Å². The predicted molar refractivity (Wildman–Crippen MR) is 71.1 cm³/mol. The number of anilines is 2. The van der Waals surface area contributed by atoms with Gasteiger partial charge in [-0.05, 0) is 23.6 Å². The third-order valence-electron chi connectivity index (χ3n) is 2.77. The molecular weight excluding hydrogens is 228 g/mol. The quantitative estimate of drug-likeness (QED) is 0.720. The van der Waals surface area contributed by atoms with Gasteiger partial charge in [-0.2, -0.15) is 5.10 Å². The highest BCUT2D eigenvalue weighted by Gasteiger charge is 2.11. The third kappa shape index (κ3) is 3.10. The summed E-state index contributed by atoms with van der Waals surface area (Å²) in [4.78, 5) is 11.8. The first kappa shape index (κ1) is 12.2. The third-order valence-corrected chi connectivity index (χ3v) is 2.77. The number of hydrogen-bond donors (Lipinski definition) is 3. The lowest BCUT2D eigenvalue weighted by Gasteiger charge is -2.11. The summed E-state index contributed by atoms with van der Waals surface area (Å²) in [7, 11) is 0. The normalized spacial score (nSPS) is 12.1. The van der Waals surface area contributed by atoms with E-state index in [1.807, 2.05) is 31.2 Å². The van der Waals surface area contributed by atoms with Crippen LogP contribution < -0.4 is 11.1 Å². The van der Waals surface area contributed by atoms with Crippen molar-refractivity contribution in [1.29, 1.82) is 0 Å². The van der Waals surface area contributed by atoms with Gasteiger partial charge in [0, 0.05) is 18.2 Å². The summed E-state index contributed by atoms with van der Waals surface area (Å²) in [5.74, 6) is 0.724. The summed E-state index contributed by atoms with van der Waals surface area (Å²) in [6, 6.07) is 9.30. The number of aromatic amines is 1. The number of hydrogen-bond acceptors (Lipinski definition) is 3. The number of nitrogens with two attached hydrogens (primary N) is 1. The van der Waals surface area contributed by atoms with Crippen LogP contribution in [0.5, 0.6) is 0 Å². The molecule has 0 aliphatic heterocycles. The summed E-state index contributed by atoms with van der Waals surface area (Å²) >= 11 is 0. The minimum absolute atomic E-state index is 0.0384. The van der Waals surface area contributed by atoms with E-state index in [1.165, 1.54) is 0 Å². The second-order valence-corrected chi connectivity index (χ2v) is 4.29. The van der Waals surface area contributed by atoms with Crippen LogP contribution in [0.15, 0.2) is 36.5 Å². The van der Waals surface area contributed by atoms with Crippen molar-refractivity contribution in [2.24, 2.45) is 0 Å². The van der Waals surface area contributed by atoms with Gasteiger partial charge in [-0.15, -0.1) is 0 Å². The van der Waals surface area contributed by atoms with Gasteiger partial charge in [0.05, 0.1) is 6.20 Å². The van der Waals surface area contributed by atoms with Crippen LogP contribution in [-0.4, -0.2) is 16.1 Å². The Morgan fingerprint density at radius 2 is 2.11 bits per heavy atom. The Hall–Kier alpha value is -2.30. The van der Waals surface area contributed by atoms with Crippen LogP contribution in [-0.2, 0) is 4.79 Å². The van der Waals surface area contributed by atoms with Gasteiger partial charge >= 0.3 is 0 Å². The minimum Gasteiger partial charge on any atom is -0.399 e. The number of aromatic nitrogens is 2.